The lowest BCUT2D eigenvalue weighted by molar-refractivity contribution is 0.177. The van der Waals surface area contributed by atoms with Gasteiger partial charge in [0, 0.05) is 26.2 Å². The van der Waals surface area contributed by atoms with Crippen molar-refractivity contribution in [1.82, 2.24) is 29.4 Å². The minimum absolute atomic E-state index is 0.0717. The Hall–Kier alpha value is -2.76. The van der Waals surface area contributed by atoms with Crippen LogP contribution >= 0.6 is 0 Å². The molecule has 2 aromatic carbocycles. The Labute approximate surface area is 166 Å². The highest BCUT2D eigenvalue weighted by Crippen LogP contribution is 2.19. The number of piperazine rings is 1. The summed E-state index contributed by atoms with van der Waals surface area (Å²) in [7, 11) is -3.67. The molecule has 0 aliphatic carbocycles. The number of benzene rings is 2. The second-order valence-corrected chi connectivity index (χ2v) is 8.56. The molecule has 0 atom stereocenters. The summed E-state index contributed by atoms with van der Waals surface area (Å²) < 4.78 is 54.8. The van der Waals surface area contributed by atoms with Crippen LogP contribution in [-0.2, 0) is 16.6 Å². The number of nitrogens with zero attached hydrogens (tertiary/aromatic N) is 6. The van der Waals surface area contributed by atoms with Crippen molar-refractivity contribution < 1.29 is 17.2 Å². The monoisotopic (exact) mass is 420 g/mol. The van der Waals surface area contributed by atoms with Gasteiger partial charge in [0.25, 0.3) is 0 Å². The fourth-order valence-electron chi connectivity index (χ4n) is 3.20. The van der Waals surface area contributed by atoms with E-state index in [2.05, 4.69) is 15.5 Å². The minimum Gasteiger partial charge on any atom is -0.293 e. The van der Waals surface area contributed by atoms with Crippen LogP contribution < -0.4 is 0 Å². The van der Waals surface area contributed by atoms with Crippen LogP contribution in [-0.4, -0.2) is 64.0 Å². The average Bonchev–Trinajstić information content (AvgIpc) is 3.17. The van der Waals surface area contributed by atoms with Crippen molar-refractivity contribution in [3.8, 4) is 5.69 Å². The first-order chi connectivity index (χ1) is 13.9. The van der Waals surface area contributed by atoms with E-state index in [-0.39, 0.29) is 10.7 Å². The Morgan fingerprint density at radius 2 is 1.66 bits per heavy atom. The lowest BCUT2D eigenvalue weighted by atomic mass is 10.3. The first kappa shape index (κ1) is 19.6. The van der Waals surface area contributed by atoms with Gasteiger partial charge in [-0.3, -0.25) is 4.90 Å². The summed E-state index contributed by atoms with van der Waals surface area (Å²) in [6.45, 7) is 1.95. The fourth-order valence-corrected chi connectivity index (χ4v) is 4.62. The van der Waals surface area contributed by atoms with Crippen LogP contribution in [0.15, 0.2) is 53.4 Å². The van der Waals surface area contributed by atoms with Gasteiger partial charge >= 0.3 is 0 Å². The SMILES string of the molecule is O=S(=O)(c1ccc(F)cc1)N1CCN(Cc2nnnn2-c2cccc(F)c2)CC1. The molecule has 29 heavy (non-hydrogen) atoms. The fraction of sp³-hybridized carbons (Fsp3) is 0.278. The van der Waals surface area contributed by atoms with E-state index in [1.165, 1.54) is 33.3 Å². The van der Waals surface area contributed by atoms with E-state index in [0.29, 0.717) is 44.2 Å². The summed E-state index contributed by atoms with van der Waals surface area (Å²) in [6.07, 6.45) is 0. The lowest BCUT2D eigenvalue weighted by Gasteiger charge is -2.33. The number of halogens is 2. The predicted octanol–water partition coefficient (Wildman–Crippen LogP) is 1.45. The molecule has 0 unspecified atom stereocenters. The van der Waals surface area contributed by atoms with Crippen molar-refractivity contribution in [2.75, 3.05) is 26.2 Å². The summed E-state index contributed by atoms with van der Waals surface area (Å²) in [5.74, 6) is -0.334. The first-order valence-electron chi connectivity index (χ1n) is 8.95. The largest absolute Gasteiger partial charge is 0.293 e. The Kier molecular flexibility index (Phi) is 5.35. The van der Waals surface area contributed by atoms with Crippen molar-refractivity contribution in [1.29, 1.82) is 0 Å². The quantitative estimate of drug-likeness (QED) is 0.621. The smallest absolute Gasteiger partial charge is 0.243 e. The molecule has 1 fully saturated rings. The highest BCUT2D eigenvalue weighted by Gasteiger charge is 2.29. The Bertz CT molecular complexity index is 1100. The van der Waals surface area contributed by atoms with Gasteiger partial charge in [-0.25, -0.2) is 17.2 Å². The van der Waals surface area contributed by atoms with E-state index in [4.69, 9.17) is 0 Å². The summed E-state index contributed by atoms with van der Waals surface area (Å²) in [5, 5.41) is 11.6. The molecule has 152 valence electrons. The van der Waals surface area contributed by atoms with E-state index in [9.17, 15) is 17.2 Å². The molecule has 11 heteroatoms. The molecule has 4 rings (SSSR count). The third-order valence-electron chi connectivity index (χ3n) is 4.73. The average molecular weight is 420 g/mol. The Balaban J connectivity index is 1.42. The molecule has 0 N–H and O–H groups in total. The molecule has 0 saturated carbocycles. The lowest BCUT2D eigenvalue weighted by Crippen LogP contribution is -2.48. The summed E-state index contributed by atoms with van der Waals surface area (Å²) in [6, 6.07) is 10.8. The standard InChI is InChI=1S/C18H18F2N6O2S/c19-14-4-6-17(7-5-14)29(27,28)25-10-8-24(9-11-25)13-18-21-22-23-26(18)16-3-1-2-15(20)12-16/h1-7,12H,8-11,13H2. The van der Waals surface area contributed by atoms with Crippen molar-refractivity contribution in [2.45, 2.75) is 11.4 Å². The third kappa shape index (κ3) is 4.16. The maximum Gasteiger partial charge on any atom is 0.243 e. The van der Waals surface area contributed by atoms with Crippen LogP contribution in [0.1, 0.15) is 5.82 Å². The molecule has 1 aromatic heterocycles. The van der Waals surface area contributed by atoms with Crippen LogP contribution in [0, 0.1) is 11.6 Å². The second-order valence-electron chi connectivity index (χ2n) is 6.62. The molecule has 1 aliphatic heterocycles. The van der Waals surface area contributed by atoms with Crippen molar-refractivity contribution in [2.24, 2.45) is 0 Å². The number of aromatic nitrogens is 4. The maximum atomic E-state index is 13.5. The number of sulfonamides is 1. The van der Waals surface area contributed by atoms with E-state index >= 15 is 0 Å². The number of hydrogen-bond donors (Lipinski definition) is 0. The van der Waals surface area contributed by atoms with Gasteiger partial charge in [0.15, 0.2) is 5.82 Å². The summed E-state index contributed by atoms with van der Waals surface area (Å²) in [5.41, 5.74) is 0.516. The van der Waals surface area contributed by atoms with Crippen molar-refractivity contribution in [3.63, 3.8) is 0 Å². The van der Waals surface area contributed by atoms with Crippen molar-refractivity contribution in [3.05, 3.63) is 66.0 Å². The van der Waals surface area contributed by atoms with E-state index in [1.54, 1.807) is 12.1 Å². The van der Waals surface area contributed by atoms with E-state index in [0.717, 1.165) is 12.1 Å². The molecular formula is C18H18F2N6O2S. The maximum absolute atomic E-state index is 13.5. The van der Waals surface area contributed by atoms with E-state index in [1.807, 2.05) is 4.90 Å². The van der Waals surface area contributed by atoms with Gasteiger partial charge < -0.3 is 0 Å². The highest BCUT2D eigenvalue weighted by atomic mass is 32.2. The van der Waals surface area contributed by atoms with Gasteiger partial charge in [-0.1, -0.05) is 6.07 Å². The van der Waals surface area contributed by atoms with Crippen LogP contribution in [0.3, 0.4) is 0 Å². The zero-order valence-electron chi connectivity index (χ0n) is 15.3. The predicted molar refractivity (Wildman–Crippen MR) is 99.5 cm³/mol. The number of hydrogen-bond acceptors (Lipinski definition) is 6. The molecule has 1 saturated heterocycles. The van der Waals surface area contributed by atoms with Crippen LogP contribution in [0.2, 0.25) is 0 Å². The first-order valence-corrected chi connectivity index (χ1v) is 10.4. The minimum atomic E-state index is -3.67. The molecule has 2 heterocycles. The van der Waals surface area contributed by atoms with Gasteiger partial charge in [0.2, 0.25) is 10.0 Å². The molecule has 8 nitrogen and oxygen atoms in total. The molecule has 3 aromatic rings. The van der Waals surface area contributed by atoms with Crippen LogP contribution in [0.4, 0.5) is 8.78 Å². The van der Waals surface area contributed by atoms with E-state index < -0.39 is 15.8 Å². The normalized spacial score (nSPS) is 16.2. The molecular weight excluding hydrogens is 402 g/mol. The van der Waals surface area contributed by atoms with Gasteiger partial charge in [0.05, 0.1) is 17.1 Å². The highest BCUT2D eigenvalue weighted by molar-refractivity contribution is 7.89. The summed E-state index contributed by atoms with van der Waals surface area (Å²) in [4.78, 5) is 2.10. The second kappa shape index (κ2) is 7.93. The third-order valence-corrected chi connectivity index (χ3v) is 6.65. The summed E-state index contributed by atoms with van der Waals surface area (Å²) >= 11 is 0. The van der Waals surface area contributed by atoms with Gasteiger partial charge in [0.1, 0.15) is 11.6 Å². The van der Waals surface area contributed by atoms with Crippen LogP contribution in [0.25, 0.3) is 5.69 Å². The zero-order chi connectivity index (χ0) is 20.4. The topological polar surface area (TPSA) is 84.2 Å². The molecule has 0 amide bonds. The van der Waals surface area contributed by atoms with Gasteiger partial charge in [-0.2, -0.15) is 8.99 Å². The van der Waals surface area contributed by atoms with Gasteiger partial charge in [-0.15, -0.1) is 5.10 Å². The Morgan fingerprint density at radius 1 is 0.931 bits per heavy atom. The Morgan fingerprint density at radius 3 is 2.34 bits per heavy atom. The molecule has 0 spiro atoms. The molecule has 0 radical (unpaired) electrons. The zero-order valence-corrected chi connectivity index (χ0v) is 16.1. The molecule has 1 aliphatic rings. The van der Waals surface area contributed by atoms with Gasteiger partial charge in [-0.05, 0) is 52.9 Å². The molecule has 0 bridgehead atoms. The van der Waals surface area contributed by atoms with Crippen LogP contribution in [0.5, 0.6) is 0 Å². The number of tetrazole rings is 1. The van der Waals surface area contributed by atoms with Crippen molar-refractivity contribution >= 4 is 10.0 Å². The number of rotatable bonds is 5.